The Morgan fingerprint density at radius 3 is 2.48 bits per heavy atom. The minimum Gasteiger partial charge on any atom is -0.207 e. The first-order chi connectivity index (χ1) is 10.2. The monoisotopic (exact) mass is 284 g/mol. The Morgan fingerprint density at radius 1 is 1.00 bits per heavy atom. The van der Waals surface area contributed by atoms with Gasteiger partial charge in [0, 0.05) is 5.56 Å². The number of hydrogen-bond acceptors (Lipinski definition) is 0. The Balaban J connectivity index is 2.01. The molecule has 2 aromatic rings. The molecule has 0 amide bonds. The summed E-state index contributed by atoms with van der Waals surface area (Å²) >= 11 is 0. The molecule has 108 valence electrons. The molecule has 0 radical (unpaired) electrons. The van der Waals surface area contributed by atoms with Gasteiger partial charge in [0.1, 0.15) is 11.6 Å². The molecule has 3 rings (SSSR count). The van der Waals surface area contributed by atoms with Crippen LogP contribution in [0.1, 0.15) is 37.3 Å². The number of aryl methyl sites for hydroxylation is 1. The van der Waals surface area contributed by atoms with Crippen LogP contribution < -0.4 is 0 Å². The fourth-order valence-corrected chi connectivity index (χ4v) is 2.94. The van der Waals surface area contributed by atoms with E-state index < -0.39 is 0 Å². The summed E-state index contributed by atoms with van der Waals surface area (Å²) < 4.78 is 27.3. The van der Waals surface area contributed by atoms with Crippen molar-refractivity contribution in [3.8, 4) is 11.1 Å². The second kappa shape index (κ2) is 5.80. The molecule has 1 aliphatic carbocycles. The van der Waals surface area contributed by atoms with Crippen LogP contribution in [0.15, 0.2) is 42.0 Å². The van der Waals surface area contributed by atoms with E-state index in [0.29, 0.717) is 5.56 Å². The summed E-state index contributed by atoms with van der Waals surface area (Å²) in [5, 5.41) is 0. The lowest BCUT2D eigenvalue weighted by atomic mass is 9.88. The van der Waals surface area contributed by atoms with Crippen molar-refractivity contribution in [2.24, 2.45) is 0 Å². The summed E-state index contributed by atoms with van der Waals surface area (Å²) in [5.41, 5.74) is 4.85. The van der Waals surface area contributed by atoms with Gasteiger partial charge < -0.3 is 0 Å². The van der Waals surface area contributed by atoms with E-state index in [0.717, 1.165) is 36.8 Å². The topological polar surface area (TPSA) is 0 Å². The number of fused-ring (bicyclic) bond motifs is 1. The minimum atomic E-state index is -0.302. The van der Waals surface area contributed by atoms with Gasteiger partial charge in [-0.25, -0.2) is 8.78 Å². The zero-order chi connectivity index (χ0) is 14.8. The van der Waals surface area contributed by atoms with Gasteiger partial charge in [0.2, 0.25) is 0 Å². The predicted molar refractivity (Wildman–Crippen MR) is 83.0 cm³/mol. The quantitative estimate of drug-likeness (QED) is 0.672. The molecule has 21 heavy (non-hydrogen) atoms. The van der Waals surface area contributed by atoms with Crippen LogP contribution in [0.4, 0.5) is 8.78 Å². The highest BCUT2D eigenvalue weighted by Crippen LogP contribution is 2.32. The van der Waals surface area contributed by atoms with Crippen LogP contribution in [0.5, 0.6) is 0 Å². The van der Waals surface area contributed by atoms with Gasteiger partial charge in [0.25, 0.3) is 0 Å². The molecule has 0 aliphatic heterocycles. The predicted octanol–water partition coefficient (Wildman–Crippen LogP) is 5.76. The lowest BCUT2D eigenvalue weighted by molar-refractivity contribution is 0.625. The van der Waals surface area contributed by atoms with E-state index in [2.05, 4.69) is 13.0 Å². The molecule has 2 heteroatoms. The average molecular weight is 284 g/mol. The van der Waals surface area contributed by atoms with Crippen molar-refractivity contribution in [3.63, 3.8) is 0 Å². The zero-order valence-corrected chi connectivity index (χ0v) is 12.1. The molecule has 0 N–H and O–H groups in total. The van der Waals surface area contributed by atoms with Crippen LogP contribution in [0.3, 0.4) is 0 Å². The van der Waals surface area contributed by atoms with E-state index in [1.807, 2.05) is 6.07 Å². The standard InChI is InChI=1S/C19H18F2/c1-2-3-13-4-5-15-11-18(19(21)12-16(15)10-13)14-6-8-17(20)9-7-14/h6-12H,2-5H2,1H3. The first-order valence-corrected chi connectivity index (χ1v) is 7.45. The fraction of sp³-hybridized carbons (Fsp3) is 0.263. The molecule has 0 unspecified atom stereocenters. The highest BCUT2D eigenvalue weighted by atomic mass is 19.1. The average Bonchev–Trinajstić information content (AvgIpc) is 2.48. The van der Waals surface area contributed by atoms with Crippen LogP contribution in [0.2, 0.25) is 0 Å². The van der Waals surface area contributed by atoms with E-state index in [4.69, 9.17) is 0 Å². The lowest BCUT2D eigenvalue weighted by Crippen LogP contribution is -2.01. The Kier molecular flexibility index (Phi) is 3.87. The van der Waals surface area contributed by atoms with Crippen LogP contribution in [-0.2, 0) is 6.42 Å². The summed E-state index contributed by atoms with van der Waals surface area (Å²) in [7, 11) is 0. The van der Waals surface area contributed by atoms with Gasteiger partial charge in [-0.05, 0) is 60.2 Å². The van der Waals surface area contributed by atoms with Crippen molar-refractivity contribution in [1.82, 2.24) is 0 Å². The molecule has 0 nitrogen and oxygen atoms in total. The van der Waals surface area contributed by atoms with Gasteiger partial charge in [0.15, 0.2) is 0 Å². The van der Waals surface area contributed by atoms with Crippen LogP contribution >= 0.6 is 0 Å². The number of benzene rings is 2. The highest BCUT2D eigenvalue weighted by molar-refractivity contribution is 5.70. The number of rotatable bonds is 3. The molecule has 0 atom stereocenters. The Hall–Kier alpha value is -1.96. The van der Waals surface area contributed by atoms with Crippen LogP contribution in [0, 0.1) is 11.6 Å². The summed E-state index contributed by atoms with van der Waals surface area (Å²) in [6.07, 6.45) is 6.34. The molecule has 0 saturated heterocycles. The van der Waals surface area contributed by atoms with Crippen molar-refractivity contribution in [1.29, 1.82) is 0 Å². The van der Waals surface area contributed by atoms with Crippen molar-refractivity contribution >= 4 is 6.08 Å². The second-order valence-electron chi connectivity index (χ2n) is 5.59. The van der Waals surface area contributed by atoms with Crippen molar-refractivity contribution in [3.05, 3.63) is 64.7 Å². The second-order valence-corrected chi connectivity index (χ2v) is 5.59. The van der Waals surface area contributed by atoms with Crippen molar-refractivity contribution < 1.29 is 8.78 Å². The molecule has 0 fully saturated rings. The molecule has 0 saturated carbocycles. The first kappa shape index (κ1) is 14.0. The third-order valence-corrected chi connectivity index (χ3v) is 4.03. The maximum absolute atomic E-state index is 14.4. The summed E-state index contributed by atoms with van der Waals surface area (Å²) in [5.74, 6) is -0.543. The highest BCUT2D eigenvalue weighted by Gasteiger charge is 2.15. The third kappa shape index (κ3) is 2.90. The van der Waals surface area contributed by atoms with Crippen LogP contribution in [0.25, 0.3) is 17.2 Å². The fourth-order valence-electron chi connectivity index (χ4n) is 2.94. The van der Waals surface area contributed by atoms with Gasteiger partial charge in [-0.2, -0.15) is 0 Å². The summed E-state index contributed by atoms with van der Waals surface area (Å²) in [6, 6.07) is 9.52. The van der Waals surface area contributed by atoms with Crippen molar-refractivity contribution in [2.75, 3.05) is 0 Å². The largest absolute Gasteiger partial charge is 0.207 e. The minimum absolute atomic E-state index is 0.241. The van der Waals surface area contributed by atoms with E-state index >= 15 is 0 Å². The lowest BCUT2D eigenvalue weighted by Gasteiger charge is -2.18. The Morgan fingerprint density at radius 2 is 1.76 bits per heavy atom. The molecular formula is C19H18F2. The molecule has 0 aromatic heterocycles. The third-order valence-electron chi connectivity index (χ3n) is 4.03. The van der Waals surface area contributed by atoms with Crippen LogP contribution in [-0.4, -0.2) is 0 Å². The first-order valence-electron chi connectivity index (χ1n) is 7.45. The zero-order valence-electron chi connectivity index (χ0n) is 12.1. The molecule has 0 spiro atoms. The van der Waals surface area contributed by atoms with Gasteiger partial charge in [-0.3, -0.25) is 0 Å². The Labute approximate surface area is 124 Å². The van der Waals surface area contributed by atoms with E-state index in [-0.39, 0.29) is 11.6 Å². The smallest absolute Gasteiger partial charge is 0.131 e. The van der Waals surface area contributed by atoms with E-state index in [1.165, 1.54) is 23.3 Å². The summed E-state index contributed by atoms with van der Waals surface area (Å²) in [4.78, 5) is 0. The van der Waals surface area contributed by atoms with E-state index in [1.54, 1.807) is 18.2 Å². The SMILES string of the molecule is CCCC1=Cc2cc(F)c(-c3ccc(F)cc3)cc2CC1. The normalized spacial score (nSPS) is 13.8. The summed E-state index contributed by atoms with van der Waals surface area (Å²) in [6.45, 7) is 2.16. The number of halogens is 2. The van der Waals surface area contributed by atoms with Crippen molar-refractivity contribution in [2.45, 2.75) is 32.6 Å². The van der Waals surface area contributed by atoms with Gasteiger partial charge >= 0.3 is 0 Å². The van der Waals surface area contributed by atoms with Gasteiger partial charge in [-0.1, -0.05) is 37.1 Å². The molecule has 1 aliphatic rings. The molecule has 0 heterocycles. The molecule has 2 aromatic carbocycles. The van der Waals surface area contributed by atoms with Gasteiger partial charge in [0.05, 0.1) is 0 Å². The maximum Gasteiger partial charge on any atom is 0.131 e. The molecular weight excluding hydrogens is 266 g/mol. The Bertz CT molecular complexity index is 681. The maximum atomic E-state index is 14.4. The van der Waals surface area contributed by atoms with E-state index in [9.17, 15) is 8.78 Å². The number of allylic oxidation sites excluding steroid dienone is 1. The van der Waals surface area contributed by atoms with Gasteiger partial charge in [-0.15, -0.1) is 0 Å². The number of hydrogen-bond donors (Lipinski definition) is 0. The molecule has 0 bridgehead atoms.